The summed E-state index contributed by atoms with van der Waals surface area (Å²) in [6.07, 6.45) is 0.368. The number of hydrogen-bond donors (Lipinski definition) is 2. The van der Waals surface area contributed by atoms with Gasteiger partial charge in [-0.3, -0.25) is 13.9 Å². The summed E-state index contributed by atoms with van der Waals surface area (Å²) in [5, 5.41) is 0. The van der Waals surface area contributed by atoms with Crippen molar-refractivity contribution in [2.24, 2.45) is 0 Å². The van der Waals surface area contributed by atoms with E-state index >= 15 is 0 Å². The highest BCUT2D eigenvalue weighted by molar-refractivity contribution is 9.10. The van der Waals surface area contributed by atoms with Crippen molar-refractivity contribution >= 4 is 32.4 Å². The SMILES string of the molecule is O=C(Cc1ccc(Br)cc1)N1CCS(O)(O)CC1. The number of rotatable bonds is 2. The van der Waals surface area contributed by atoms with Gasteiger partial charge in [-0.05, 0) is 17.7 Å². The number of amides is 1. The number of benzene rings is 1. The van der Waals surface area contributed by atoms with Gasteiger partial charge in [-0.25, -0.2) is 0 Å². The van der Waals surface area contributed by atoms with Crippen LogP contribution in [-0.2, 0) is 11.2 Å². The van der Waals surface area contributed by atoms with E-state index in [1.807, 2.05) is 24.3 Å². The number of nitrogens with zero attached hydrogens (tertiary/aromatic N) is 1. The minimum atomic E-state index is -2.43. The maximum absolute atomic E-state index is 12.0. The molecule has 6 heteroatoms. The molecular formula is C12H16BrNO3S. The second-order valence-corrected chi connectivity index (χ2v) is 7.73. The highest BCUT2D eigenvalue weighted by Gasteiger charge is 2.25. The number of halogens is 1. The smallest absolute Gasteiger partial charge is 0.227 e. The van der Waals surface area contributed by atoms with Crippen molar-refractivity contribution in [3.8, 4) is 0 Å². The van der Waals surface area contributed by atoms with Crippen molar-refractivity contribution in [3.05, 3.63) is 34.3 Å². The average molecular weight is 334 g/mol. The first kappa shape index (κ1) is 13.9. The van der Waals surface area contributed by atoms with E-state index in [-0.39, 0.29) is 5.91 Å². The Morgan fingerprint density at radius 1 is 1.22 bits per heavy atom. The van der Waals surface area contributed by atoms with Gasteiger partial charge < -0.3 is 4.90 Å². The van der Waals surface area contributed by atoms with Gasteiger partial charge >= 0.3 is 0 Å². The van der Waals surface area contributed by atoms with E-state index in [4.69, 9.17) is 0 Å². The molecule has 18 heavy (non-hydrogen) atoms. The Kier molecular flexibility index (Phi) is 4.32. The lowest BCUT2D eigenvalue weighted by atomic mass is 10.1. The number of carbonyl (C=O) groups excluding carboxylic acids is 1. The minimum Gasteiger partial charge on any atom is -0.339 e. The van der Waals surface area contributed by atoms with Crippen LogP contribution in [0.3, 0.4) is 0 Å². The molecule has 0 aromatic heterocycles. The molecule has 0 atom stereocenters. The van der Waals surface area contributed by atoms with Crippen molar-refractivity contribution in [3.63, 3.8) is 0 Å². The van der Waals surface area contributed by atoms with Gasteiger partial charge in [0.15, 0.2) is 0 Å². The molecular weight excluding hydrogens is 318 g/mol. The molecule has 0 spiro atoms. The predicted octanol–water partition coefficient (Wildman–Crippen LogP) is 2.58. The summed E-state index contributed by atoms with van der Waals surface area (Å²) >= 11 is 3.35. The van der Waals surface area contributed by atoms with Crippen molar-refractivity contribution < 1.29 is 13.9 Å². The zero-order chi connectivity index (χ0) is 13.2. The lowest BCUT2D eigenvalue weighted by molar-refractivity contribution is -0.130. The van der Waals surface area contributed by atoms with Crippen LogP contribution in [0.1, 0.15) is 5.56 Å². The molecule has 0 aliphatic carbocycles. The monoisotopic (exact) mass is 333 g/mol. The standard InChI is InChI=1S/C12H16BrNO3S/c13-11-3-1-10(2-4-11)9-12(15)14-5-7-18(16,17)8-6-14/h1-4,16-17H,5-9H2. The largest absolute Gasteiger partial charge is 0.339 e. The predicted molar refractivity (Wildman–Crippen MR) is 77.0 cm³/mol. The third-order valence-electron chi connectivity index (χ3n) is 3.00. The van der Waals surface area contributed by atoms with E-state index in [0.29, 0.717) is 31.0 Å². The quantitative estimate of drug-likeness (QED) is 0.874. The number of hydrogen-bond acceptors (Lipinski definition) is 3. The van der Waals surface area contributed by atoms with Gasteiger partial charge in [-0.1, -0.05) is 28.1 Å². The molecule has 2 N–H and O–H groups in total. The highest BCUT2D eigenvalue weighted by atomic mass is 79.9. The van der Waals surface area contributed by atoms with Crippen LogP contribution < -0.4 is 0 Å². The molecule has 100 valence electrons. The fourth-order valence-corrected chi connectivity index (χ4v) is 3.36. The summed E-state index contributed by atoms with van der Waals surface area (Å²) in [5.74, 6) is 0.658. The molecule has 2 rings (SSSR count). The van der Waals surface area contributed by atoms with Crippen LogP contribution in [0.2, 0.25) is 0 Å². The molecule has 1 aliphatic rings. The molecule has 0 radical (unpaired) electrons. The maximum Gasteiger partial charge on any atom is 0.227 e. The highest BCUT2D eigenvalue weighted by Crippen LogP contribution is 2.40. The normalized spacial score (nSPS) is 20.5. The van der Waals surface area contributed by atoms with E-state index < -0.39 is 10.6 Å². The zero-order valence-corrected chi connectivity index (χ0v) is 12.3. The molecule has 1 heterocycles. The van der Waals surface area contributed by atoms with Crippen molar-refractivity contribution in [1.29, 1.82) is 0 Å². The fraction of sp³-hybridized carbons (Fsp3) is 0.417. The second-order valence-electron chi connectivity index (χ2n) is 4.39. The van der Waals surface area contributed by atoms with Gasteiger partial charge in [-0.15, -0.1) is 0 Å². The Morgan fingerprint density at radius 3 is 2.33 bits per heavy atom. The summed E-state index contributed by atoms with van der Waals surface area (Å²) in [7, 11) is -2.43. The second kappa shape index (κ2) is 5.61. The van der Waals surface area contributed by atoms with E-state index in [9.17, 15) is 13.9 Å². The van der Waals surface area contributed by atoms with Crippen LogP contribution >= 0.6 is 26.5 Å². The Balaban J connectivity index is 1.91. The zero-order valence-electron chi connectivity index (χ0n) is 9.88. The van der Waals surface area contributed by atoms with Crippen LogP contribution in [0.15, 0.2) is 28.7 Å². The summed E-state index contributed by atoms with van der Waals surface area (Å²) in [5.41, 5.74) is 0.973. The molecule has 0 bridgehead atoms. The molecule has 1 amide bonds. The summed E-state index contributed by atoms with van der Waals surface area (Å²) < 4.78 is 20.0. The van der Waals surface area contributed by atoms with Gasteiger partial charge in [-0.2, -0.15) is 10.6 Å². The van der Waals surface area contributed by atoms with Gasteiger partial charge in [0.25, 0.3) is 0 Å². The molecule has 1 aromatic rings. The van der Waals surface area contributed by atoms with Crippen molar-refractivity contribution in [2.45, 2.75) is 6.42 Å². The molecule has 1 fully saturated rings. The van der Waals surface area contributed by atoms with Gasteiger partial charge in [0.1, 0.15) is 0 Å². The van der Waals surface area contributed by atoms with Gasteiger partial charge in [0, 0.05) is 17.6 Å². The number of carbonyl (C=O) groups is 1. The first-order valence-corrected chi connectivity index (χ1v) is 8.40. The lowest BCUT2D eigenvalue weighted by Gasteiger charge is -2.41. The maximum atomic E-state index is 12.0. The van der Waals surface area contributed by atoms with Crippen molar-refractivity contribution in [2.75, 3.05) is 24.6 Å². The Labute approximate surface area is 116 Å². The first-order chi connectivity index (χ1) is 8.46. The van der Waals surface area contributed by atoms with Crippen LogP contribution in [0.4, 0.5) is 0 Å². The Morgan fingerprint density at radius 2 is 1.78 bits per heavy atom. The summed E-state index contributed by atoms with van der Waals surface area (Å²) in [6, 6.07) is 7.66. The first-order valence-electron chi connectivity index (χ1n) is 5.72. The van der Waals surface area contributed by atoms with Crippen LogP contribution in [0.25, 0.3) is 0 Å². The Bertz CT molecular complexity index is 425. The van der Waals surface area contributed by atoms with Crippen LogP contribution in [0, 0.1) is 0 Å². The molecule has 4 nitrogen and oxygen atoms in total. The van der Waals surface area contributed by atoms with Gasteiger partial charge in [0.2, 0.25) is 5.91 Å². The van der Waals surface area contributed by atoms with E-state index in [0.717, 1.165) is 10.0 Å². The molecule has 1 aromatic carbocycles. The topological polar surface area (TPSA) is 60.8 Å². The molecule has 0 unspecified atom stereocenters. The Hall–Kier alpha value is -0.560. The summed E-state index contributed by atoms with van der Waals surface area (Å²) in [4.78, 5) is 13.7. The molecule has 0 saturated carbocycles. The molecule has 1 saturated heterocycles. The average Bonchev–Trinajstić information content (AvgIpc) is 2.32. The van der Waals surface area contributed by atoms with Crippen LogP contribution in [-0.4, -0.2) is 44.5 Å². The van der Waals surface area contributed by atoms with E-state index in [1.165, 1.54) is 0 Å². The third kappa shape index (κ3) is 3.71. The van der Waals surface area contributed by atoms with Gasteiger partial charge in [0.05, 0.1) is 17.9 Å². The molecule has 1 aliphatic heterocycles. The third-order valence-corrected chi connectivity index (χ3v) is 5.20. The fourth-order valence-electron chi connectivity index (χ4n) is 1.86. The lowest BCUT2D eigenvalue weighted by Crippen LogP contribution is -2.42. The van der Waals surface area contributed by atoms with Crippen molar-refractivity contribution in [1.82, 2.24) is 4.90 Å². The van der Waals surface area contributed by atoms with E-state index in [1.54, 1.807) is 4.90 Å². The summed E-state index contributed by atoms with van der Waals surface area (Å²) in [6.45, 7) is 0.884. The minimum absolute atomic E-state index is 0.0484. The van der Waals surface area contributed by atoms with Crippen LogP contribution in [0.5, 0.6) is 0 Å². The van der Waals surface area contributed by atoms with E-state index in [2.05, 4.69) is 15.9 Å².